The number of carbonyl (C=O) groups excluding carboxylic acids is 1. The minimum atomic E-state index is -1.07. The maximum atomic E-state index is 11.6. The van der Waals surface area contributed by atoms with Gasteiger partial charge < -0.3 is 9.47 Å². The van der Waals surface area contributed by atoms with Crippen LogP contribution in [0.3, 0.4) is 0 Å². The first-order valence-electron chi connectivity index (χ1n) is 7.92. The molecule has 23 heavy (non-hydrogen) atoms. The number of hydrogen-bond donors (Lipinski definition) is 0. The third kappa shape index (κ3) is 3.73. The number of anilines is 1. The van der Waals surface area contributed by atoms with E-state index in [0.717, 1.165) is 29.2 Å². The third-order valence-corrected chi connectivity index (χ3v) is 5.61. The largest absolute Gasteiger partial charge is 0.447 e. The zero-order chi connectivity index (χ0) is 16.4. The molecule has 1 saturated heterocycles. The summed E-state index contributed by atoms with van der Waals surface area (Å²) < 4.78 is 12.6. The van der Waals surface area contributed by atoms with E-state index < -0.39 is 8.07 Å². The normalized spacial score (nSPS) is 15.4. The summed E-state index contributed by atoms with van der Waals surface area (Å²) in [6, 6.07) is 7.02. The number of ether oxygens (including phenoxy) is 2. The molecule has 1 aromatic carbocycles. The second-order valence-electron chi connectivity index (χ2n) is 7.00. The van der Waals surface area contributed by atoms with Gasteiger partial charge in [-0.15, -0.1) is 0 Å². The zero-order valence-corrected chi connectivity index (χ0v) is 14.9. The molecule has 2 heterocycles. The number of amides is 1. The second-order valence-corrected chi connectivity index (χ2v) is 12.6. The summed E-state index contributed by atoms with van der Waals surface area (Å²) in [4.78, 5) is 13.3. The highest BCUT2D eigenvalue weighted by molar-refractivity contribution is 6.76. The standard InChI is InChI=1S/C16H23N3O3Si/c1-23(2,3)9-8-21-12-19-15-5-4-14(10-13(15)11-17-19)18-6-7-22-16(18)20/h4-5,10-11H,6-9,12H2,1-3H3. The Labute approximate surface area is 137 Å². The Hall–Kier alpha value is -1.86. The first kappa shape index (κ1) is 16.0. The van der Waals surface area contributed by atoms with Crippen LogP contribution in [0, 0.1) is 0 Å². The van der Waals surface area contributed by atoms with Gasteiger partial charge in [0.2, 0.25) is 0 Å². The number of benzene rings is 1. The topological polar surface area (TPSA) is 56.6 Å². The van der Waals surface area contributed by atoms with Crippen LogP contribution in [-0.2, 0) is 16.2 Å². The molecule has 0 aliphatic carbocycles. The Morgan fingerprint density at radius 2 is 2.17 bits per heavy atom. The average molecular weight is 333 g/mol. The van der Waals surface area contributed by atoms with Gasteiger partial charge in [0.15, 0.2) is 0 Å². The van der Waals surface area contributed by atoms with Crippen molar-refractivity contribution in [2.45, 2.75) is 32.4 Å². The average Bonchev–Trinajstić information content (AvgIpc) is 3.08. The molecule has 0 unspecified atom stereocenters. The smallest absolute Gasteiger partial charge is 0.414 e. The minimum absolute atomic E-state index is 0.286. The first-order valence-corrected chi connectivity index (χ1v) is 11.6. The molecular formula is C16H23N3O3Si. The molecule has 0 N–H and O–H groups in total. The molecule has 1 amide bonds. The van der Waals surface area contributed by atoms with Crippen molar-refractivity contribution in [3.8, 4) is 0 Å². The van der Waals surface area contributed by atoms with Crippen LogP contribution in [0.5, 0.6) is 0 Å². The molecule has 1 fully saturated rings. The molecule has 1 aliphatic rings. The van der Waals surface area contributed by atoms with Crippen LogP contribution in [0.1, 0.15) is 0 Å². The lowest BCUT2D eigenvalue weighted by Gasteiger charge is -2.15. The van der Waals surface area contributed by atoms with E-state index in [1.54, 1.807) is 4.90 Å². The van der Waals surface area contributed by atoms with E-state index in [1.165, 1.54) is 0 Å². The molecule has 3 rings (SSSR count). The van der Waals surface area contributed by atoms with Gasteiger partial charge in [-0.05, 0) is 24.2 Å². The van der Waals surface area contributed by atoms with Gasteiger partial charge in [0.1, 0.15) is 13.3 Å². The van der Waals surface area contributed by atoms with E-state index in [4.69, 9.17) is 9.47 Å². The minimum Gasteiger partial charge on any atom is -0.447 e. The van der Waals surface area contributed by atoms with E-state index in [9.17, 15) is 4.79 Å². The summed E-state index contributed by atoms with van der Waals surface area (Å²) in [5.74, 6) is 0. The van der Waals surface area contributed by atoms with E-state index in [-0.39, 0.29) is 6.09 Å². The van der Waals surface area contributed by atoms with Crippen LogP contribution in [0.15, 0.2) is 24.4 Å². The lowest BCUT2D eigenvalue weighted by atomic mass is 10.2. The molecule has 7 heteroatoms. The predicted molar refractivity (Wildman–Crippen MR) is 92.5 cm³/mol. The number of cyclic esters (lactones) is 1. The molecule has 6 nitrogen and oxygen atoms in total. The van der Waals surface area contributed by atoms with Crippen molar-refractivity contribution in [1.82, 2.24) is 9.78 Å². The third-order valence-electron chi connectivity index (χ3n) is 3.91. The zero-order valence-electron chi connectivity index (χ0n) is 13.9. The monoisotopic (exact) mass is 333 g/mol. The maximum Gasteiger partial charge on any atom is 0.414 e. The predicted octanol–water partition coefficient (Wildman–Crippen LogP) is 3.31. The van der Waals surface area contributed by atoms with E-state index >= 15 is 0 Å². The Kier molecular flexibility index (Phi) is 4.41. The number of nitrogens with zero attached hydrogens (tertiary/aromatic N) is 3. The fraction of sp³-hybridized carbons (Fsp3) is 0.500. The Morgan fingerprint density at radius 1 is 1.35 bits per heavy atom. The summed E-state index contributed by atoms with van der Waals surface area (Å²) in [6.07, 6.45) is 1.52. The molecule has 0 bridgehead atoms. The highest BCUT2D eigenvalue weighted by atomic mass is 28.3. The fourth-order valence-electron chi connectivity index (χ4n) is 2.50. The van der Waals surface area contributed by atoms with Crippen LogP contribution in [-0.4, -0.2) is 43.7 Å². The highest BCUT2D eigenvalue weighted by Crippen LogP contribution is 2.24. The molecular weight excluding hydrogens is 310 g/mol. The summed E-state index contributed by atoms with van der Waals surface area (Å²) >= 11 is 0. The number of carbonyl (C=O) groups is 1. The van der Waals surface area contributed by atoms with Gasteiger partial charge in [0.05, 0.1) is 18.3 Å². The Morgan fingerprint density at radius 3 is 2.87 bits per heavy atom. The van der Waals surface area contributed by atoms with Crippen molar-refractivity contribution in [2.24, 2.45) is 0 Å². The molecule has 124 valence electrons. The number of hydrogen-bond acceptors (Lipinski definition) is 4. The van der Waals surface area contributed by atoms with Crippen molar-refractivity contribution in [3.05, 3.63) is 24.4 Å². The lowest BCUT2D eigenvalue weighted by molar-refractivity contribution is 0.0817. The van der Waals surface area contributed by atoms with E-state index in [1.807, 2.05) is 29.1 Å². The van der Waals surface area contributed by atoms with E-state index in [0.29, 0.717) is 19.9 Å². The summed E-state index contributed by atoms with van der Waals surface area (Å²) in [6.45, 7) is 9.28. The van der Waals surface area contributed by atoms with Gasteiger partial charge in [0.25, 0.3) is 0 Å². The quantitative estimate of drug-likeness (QED) is 0.601. The number of aromatic nitrogens is 2. The first-order chi connectivity index (χ1) is 10.9. The van der Waals surface area contributed by atoms with Crippen LogP contribution >= 0.6 is 0 Å². The lowest BCUT2D eigenvalue weighted by Crippen LogP contribution is -2.23. The van der Waals surface area contributed by atoms with Crippen molar-refractivity contribution in [3.63, 3.8) is 0 Å². The van der Waals surface area contributed by atoms with Crippen molar-refractivity contribution in [1.29, 1.82) is 0 Å². The van der Waals surface area contributed by atoms with E-state index in [2.05, 4.69) is 24.7 Å². The van der Waals surface area contributed by atoms with Crippen molar-refractivity contribution < 1.29 is 14.3 Å². The fourth-order valence-corrected chi connectivity index (χ4v) is 3.26. The van der Waals surface area contributed by atoms with Crippen LogP contribution < -0.4 is 4.90 Å². The summed E-state index contributed by atoms with van der Waals surface area (Å²) in [5, 5.41) is 5.38. The van der Waals surface area contributed by atoms with Gasteiger partial charge in [-0.25, -0.2) is 9.48 Å². The Balaban J connectivity index is 1.68. The van der Waals surface area contributed by atoms with Gasteiger partial charge in [-0.3, -0.25) is 4.90 Å². The second kappa shape index (κ2) is 6.33. The molecule has 1 aliphatic heterocycles. The molecule has 2 aromatic rings. The van der Waals surface area contributed by atoms with Gasteiger partial charge in [0, 0.05) is 25.8 Å². The maximum absolute atomic E-state index is 11.6. The highest BCUT2D eigenvalue weighted by Gasteiger charge is 2.23. The number of rotatable bonds is 6. The van der Waals surface area contributed by atoms with Gasteiger partial charge in [-0.1, -0.05) is 19.6 Å². The van der Waals surface area contributed by atoms with Crippen LogP contribution in [0.4, 0.5) is 10.5 Å². The van der Waals surface area contributed by atoms with Crippen LogP contribution in [0.25, 0.3) is 10.9 Å². The Bertz CT molecular complexity index is 708. The number of fused-ring (bicyclic) bond motifs is 1. The molecule has 0 radical (unpaired) electrons. The SMILES string of the molecule is C[Si](C)(C)CCOCn1ncc2cc(N3CCOC3=O)ccc21. The molecule has 1 aromatic heterocycles. The van der Waals surface area contributed by atoms with Gasteiger partial charge in [-0.2, -0.15) is 5.10 Å². The van der Waals surface area contributed by atoms with Crippen LogP contribution in [0.2, 0.25) is 25.7 Å². The van der Waals surface area contributed by atoms with Crippen molar-refractivity contribution in [2.75, 3.05) is 24.7 Å². The summed E-state index contributed by atoms with van der Waals surface area (Å²) in [7, 11) is -1.07. The van der Waals surface area contributed by atoms with Crippen molar-refractivity contribution >= 4 is 30.8 Å². The molecule has 0 saturated carbocycles. The molecule has 0 spiro atoms. The van der Waals surface area contributed by atoms with Gasteiger partial charge >= 0.3 is 6.09 Å². The summed E-state index contributed by atoms with van der Waals surface area (Å²) in [5.41, 5.74) is 1.86. The molecule has 0 atom stereocenters.